The molecular weight excluding hydrogens is 436 g/mol. The smallest absolute Gasteiger partial charge is 0.300 e. The molecule has 5 rings (SSSR count). The number of ether oxygens (including phenoxy) is 1. The van der Waals surface area contributed by atoms with Gasteiger partial charge < -0.3 is 14.7 Å². The van der Waals surface area contributed by atoms with E-state index in [1.807, 2.05) is 61.5 Å². The summed E-state index contributed by atoms with van der Waals surface area (Å²) >= 11 is 1.45. The topological polar surface area (TPSA) is 70.1 Å². The van der Waals surface area contributed by atoms with Crippen molar-refractivity contribution >= 4 is 40.2 Å². The molecule has 2 aromatic carbocycles. The molecule has 1 aromatic heterocycles. The lowest BCUT2D eigenvalue weighted by Crippen LogP contribution is -2.29. The SMILES string of the molecule is Cc1ccc(N2C(=O)C(=O)/C(=C(\O)c3ccc4c(c3)N(C)CCO4)C2c2cccs2)c(C)c1. The van der Waals surface area contributed by atoms with E-state index in [0.717, 1.165) is 34.0 Å². The second-order valence-electron chi connectivity index (χ2n) is 8.43. The van der Waals surface area contributed by atoms with E-state index in [9.17, 15) is 14.7 Å². The molecule has 2 aliphatic heterocycles. The zero-order chi connectivity index (χ0) is 23.3. The average molecular weight is 461 g/mol. The largest absolute Gasteiger partial charge is 0.507 e. The molecule has 0 aliphatic carbocycles. The minimum absolute atomic E-state index is 0.0988. The Hall–Kier alpha value is -3.58. The number of amides is 1. The zero-order valence-electron chi connectivity index (χ0n) is 18.7. The van der Waals surface area contributed by atoms with Crippen LogP contribution in [0.2, 0.25) is 0 Å². The quantitative estimate of drug-likeness (QED) is 0.345. The van der Waals surface area contributed by atoms with E-state index < -0.39 is 17.7 Å². The van der Waals surface area contributed by atoms with E-state index >= 15 is 0 Å². The molecule has 7 heteroatoms. The highest BCUT2D eigenvalue weighted by Crippen LogP contribution is 2.45. The number of nitrogens with zero attached hydrogens (tertiary/aromatic N) is 2. The van der Waals surface area contributed by atoms with Gasteiger partial charge in [0, 0.05) is 23.2 Å². The van der Waals surface area contributed by atoms with Crippen LogP contribution < -0.4 is 14.5 Å². The van der Waals surface area contributed by atoms with Gasteiger partial charge in [0.15, 0.2) is 0 Å². The summed E-state index contributed by atoms with van der Waals surface area (Å²) in [6.45, 7) is 5.22. The van der Waals surface area contributed by atoms with Crippen LogP contribution in [-0.2, 0) is 9.59 Å². The number of anilines is 2. The van der Waals surface area contributed by atoms with Gasteiger partial charge in [-0.1, -0.05) is 23.8 Å². The highest BCUT2D eigenvalue weighted by atomic mass is 32.1. The van der Waals surface area contributed by atoms with Crippen LogP contribution >= 0.6 is 11.3 Å². The predicted octanol–water partition coefficient (Wildman–Crippen LogP) is 4.82. The Labute approximate surface area is 196 Å². The molecule has 6 nitrogen and oxygen atoms in total. The fourth-order valence-corrected chi connectivity index (χ4v) is 5.35. The van der Waals surface area contributed by atoms with Crippen molar-refractivity contribution in [3.05, 3.63) is 81.1 Å². The molecule has 3 aromatic rings. The summed E-state index contributed by atoms with van der Waals surface area (Å²) in [7, 11) is 1.95. The number of ketones is 1. The van der Waals surface area contributed by atoms with Crippen molar-refractivity contribution in [2.45, 2.75) is 19.9 Å². The van der Waals surface area contributed by atoms with Crippen molar-refractivity contribution in [2.24, 2.45) is 0 Å². The Morgan fingerprint density at radius 3 is 2.64 bits per heavy atom. The molecule has 1 fully saturated rings. The minimum atomic E-state index is -0.698. The molecule has 1 saturated heterocycles. The number of carbonyl (C=O) groups is 2. The van der Waals surface area contributed by atoms with Gasteiger partial charge in [0.1, 0.15) is 24.2 Å². The van der Waals surface area contributed by atoms with Gasteiger partial charge in [-0.3, -0.25) is 14.5 Å². The van der Waals surface area contributed by atoms with Gasteiger partial charge in [-0.15, -0.1) is 11.3 Å². The maximum absolute atomic E-state index is 13.3. The van der Waals surface area contributed by atoms with Gasteiger partial charge in [0.2, 0.25) is 0 Å². The third-order valence-electron chi connectivity index (χ3n) is 6.20. The van der Waals surface area contributed by atoms with Gasteiger partial charge >= 0.3 is 0 Å². The number of thiophene rings is 1. The van der Waals surface area contributed by atoms with Crippen LogP contribution in [0.5, 0.6) is 5.75 Å². The summed E-state index contributed by atoms with van der Waals surface area (Å²) in [6, 6.07) is 14.2. The first-order chi connectivity index (χ1) is 15.9. The molecule has 1 N–H and O–H groups in total. The van der Waals surface area contributed by atoms with Crippen LogP contribution in [0.25, 0.3) is 5.76 Å². The predicted molar refractivity (Wildman–Crippen MR) is 130 cm³/mol. The van der Waals surface area contributed by atoms with Crippen molar-refractivity contribution in [3.63, 3.8) is 0 Å². The van der Waals surface area contributed by atoms with E-state index in [2.05, 4.69) is 0 Å². The minimum Gasteiger partial charge on any atom is -0.507 e. The molecule has 3 heterocycles. The number of fused-ring (bicyclic) bond motifs is 1. The Bertz CT molecular complexity index is 1300. The van der Waals surface area contributed by atoms with Crippen molar-refractivity contribution in [2.75, 3.05) is 30.0 Å². The van der Waals surface area contributed by atoms with E-state index in [-0.39, 0.29) is 11.3 Å². The van der Waals surface area contributed by atoms with Gasteiger partial charge in [0.05, 0.1) is 17.8 Å². The summed E-state index contributed by atoms with van der Waals surface area (Å²) in [4.78, 5) is 31.0. The average Bonchev–Trinajstić information content (AvgIpc) is 3.41. The molecule has 0 bridgehead atoms. The first-order valence-corrected chi connectivity index (χ1v) is 11.6. The Morgan fingerprint density at radius 2 is 1.91 bits per heavy atom. The van der Waals surface area contributed by atoms with E-state index in [4.69, 9.17) is 4.74 Å². The summed E-state index contributed by atoms with van der Waals surface area (Å²) in [6.07, 6.45) is 0. The highest BCUT2D eigenvalue weighted by molar-refractivity contribution is 7.10. The van der Waals surface area contributed by atoms with E-state index in [1.54, 1.807) is 18.2 Å². The molecule has 1 unspecified atom stereocenters. The number of hydrogen-bond acceptors (Lipinski definition) is 6. The lowest BCUT2D eigenvalue weighted by atomic mass is 9.98. The van der Waals surface area contributed by atoms with Crippen LogP contribution in [0.4, 0.5) is 11.4 Å². The van der Waals surface area contributed by atoms with Crippen molar-refractivity contribution < 1.29 is 19.4 Å². The van der Waals surface area contributed by atoms with E-state index in [0.29, 0.717) is 17.9 Å². The van der Waals surface area contributed by atoms with E-state index in [1.165, 1.54) is 16.2 Å². The van der Waals surface area contributed by atoms with Gasteiger partial charge in [-0.25, -0.2) is 0 Å². The van der Waals surface area contributed by atoms with Gasteiger partial charge in [-0.2, -0.15) is 0 Å². The second kappa shape index (κ2) is 8.08. The summed E-state index contributed by atoms with van der Waals surface area (Å²) in [5.74, 6) is -0.778. The number of carbonyl (C=O) groups excluding carboxylic acids is 2. The fourth-order valence-electron chi connectivity index (χ4n) is 4.53. The molecule has 2 aliphatic rings. The molecule has 1 amide bonds. The van der Waals surface area contributed by atoms with Crippen LogP contribution in [-0.4, -0.2) is 37.0 Å². The monoisotopic (exact) mass is 460 g/mol. The zero-order valence-corrected chi connectivity index (χ0v) is 19.5. The molecule has 1 atom stereocenters. The number of aliphatic hydroxyl groups is 1. The third-order valence-corrected chi connectivity index (χ3v) is 7.12. The third kappa shape index (κ3) is 3.49. The maximum Gasteiger partial charge on any atom is 0.300 e. The van der Waals surface area contributed by atoms with Crippen LogP contribution in [0.3, 0.4) is 0 Å². The standard InChI is InChI=1S/C26H24N2O4S/c1-15-6-8-18(16(2)13-15)28-23(21-5-4-12-33-21)22(25(30)26(28)31)24(29)17-7-9-20-19(14-17)27(3)10-11-32-20/h4-9,12-14,23,29H,10-11H2,1-3H3/b24-22-. The molecule has 0 saturated carbocycles. The lowest BCUT2D eigenvalue weighted by molar-refractivity contribution is -0.132. The lowest BCUT2D eigenvalue weighted by Gasteiger charge is -2.28. The molecule has 33 heavy (non-hydrogen) atoms. The summed E-state index contributed by atoms with van der Waals surface area (Å²) in [5, 5.41) is 13.3. The number of aliphatic hydroxyl groups excluding tert-OH is 1. The summed E-state index contributed by atoms with van der Waals surface area (Å²) in [5.41, 5.74) is 4.04. The van der Waals surface area contributed by atoms with Crippen molar-refractivity contribution in [3.8, 4) is 5.75 Å². The van der Waals surface area contributed by atoms with Crippen LogP contribution in [0, 0.1) is 13.8 Å². The highest BCUT2D eigenvalue weighted by Gasteiger charge is 2.47. The number of benzene rings is 2. The van der Waals surface area contributed by atoms with Crippen molar-refractivity contribution in [1.29, 1.82) is 0 Å². The number of rotatable bonds is 3. The number of hydrogen-bond donors (Lipinski definition) is 1. The first kappa shape index (κ1) is 21.3. The van der Waals surface area contributed by atoms with Crippen LogP contribution in [0.1, 0.15) is 27.6 Å². The Kier molecular flexibility index (Phi) is 5.21. The molecule has 168 valence electrons. The normalized spacial score (nSPS) is 19.5. The Balaban J connectivity index is 1.69. The van der Waals surface area contributed by atoms with Gasteiger partial charge in [-0.05, 0) is 55.1 Å². The number of likely N-dealkylation sites (N-methyl/N-ethyl adjacent to an activating group) is 1. The molecule has 0 spiro atoms. The fraction of sp³-hybridized carbons (Fsp3) is 0.231. The first-order valence-electron chi connectivity index (χ1n) is 10.8. The second-order valence-corrected chi connectivity index (χ2v) is 9.41. The Morgan fingerprint density at radius 1 is 1.09 bits per heavy atom. The summed E-state index contributed by atoms with van der Waals surface area (Å²) < 4.78 is 5.70. The van der Waals surface area contributed by atoms with Gasteiger partial charge in [0.25, 0.3) is 11.7 Å². The number of aryl methyl sites for hydroxylation is 2. The number of Topliss-reactive ketones (excluding diaryl/α,β-unsaturated/α-hetero) is 1. The molecule has 0 radical (unpaired) electrons. The maximum atomic E-state index is 13.3. The van der Waals surface area contributed by atoms with Crippen LogP contribution in [0.15, 0.2) is 59.5 Å². The van der Waals surface area contributed by atoms with Crippen molar-refractivity contribution in [1.82, 2.24) is 0 Å². The molecular formula is C26H24N2O4S.